The number of halogens is 3. The number of carbonyl (C=O) groups is 1. The lowest BCUT2D eigenvalue weighted by Gasteiger charge is -2.26. The SMILES string of the molecule is O=C(NCCN1CCCCC1)c1ccc(Nc2nc(NCC(F)(F)F)c3cc[nH]c3n2)cc1. The molecule has 4 N–H and O–H groups in total. The van der Waals surface area contributed by atoms with Crippen molar-refractivity contribution in [3.63, 3.8) is 0 Å². The minimum Gasteiger partial charge on any atom is -0.360 e. The number of benzene rings is 1. The van der Waals surface area contributed by atoms with Gasteiger partial charge in [0.05, 0.1) is 5.39 Å². The monoisotopic (exact) mass is 461 g/mol. The van der Waals surface area contributed by atoms with Gasteiger partial charge >= 0.3 is 6.18 Å². The van der Waals surface area contributed by atoms with Crippen LogP contribution < -0.4 is 16.0 Å². The molecule has 1 fully saturated rings. The van der Waals surface area contributed by atoms with E-state index in [0.29, 0.717) is 28.8 Å². The number of aromatic amines is 1. The second-order valence-corrected chi connectivity index (χ2v) is 7.97. The van der Waals surface area contributed by atoms with E-state index in [9.17, 15) is 18.0 Å². The van der Waals surface area contributed by atoms with Gasteiger partial charge in [-0.15, -0.1) is 0 Å². The number of alkyl halides is 3. The number of H-pyrrole nitrogens is 1. The van der Waals surface area contributed by atoms with Crippen LogP contribution in [0.4, 0.5) is 30.6 Å². The first kappa shape index (κ1) is 22.8. The Kier molecular flexibility index (Phi) is 6.97. The largest absolute Gasteiger partial charge is 0.405 e. The highest BCUT2D eigenvalue weighted by atomic mass is 19.4. The Morgan fingerprint density at radius 1 is 1.06 bits per heavy atom. The van der Waals surface area contributed by atoms with E-state index < -0.39 is 12.7 Å². The Morgan fingerprint density at radius 3 is 2.55 bits per heavy atom. The van der Waals surface area contributed by atoms with Crippen molar-refractivity contribution < 1.29 is 18.0 Å². The molecule has 8 nitrogen and oxygen atoms in total. The lowest BCUT2D eigenvalue weighted by Crippen LogP contribution is -2.37. The maximum Gasteiger partial charge on any atom is 0.405 e. The molecule has 1 amide bonds. The summed E-state index contributed by atoms with van der Waals surface area (Å²) >= 11 is 0. The average molecular weight is 461 g/mol. The van der Waals surface area contributed by atoms with Crippen LogP contribution in [0.2, 0.25) is 0 Å². The van der Waals surface area contributed by atoms with Crippen molar-refractivity contribution in [2.24, 2.45) is 0 Å². The van der Waals surface area contributed by atoms with Crippen LogP contribution in [0.3, 0.4) is 0 Å². The molecule has 0 unspecified atom stereocenters. The zero-order chi connectivity index (χ0) is 23.3. The Labute approximate surface area is 189 Å². The highest BCUT2D eigenvalue weighted by Gasteiger charge is 2.27. The first-order valence-electron chi connectivity index (χ1n) is 10.9. The normalized spacial score (nSPS) is 14.9. The van der Waals surface area contributed by atoms with Crippen LogP contribution in [0, 0.1) is 0 Å². The number of fused-ring (bicyclic) bond motifs is 1. The molecule has 3 heterocycles. The lowest BCUT2D eigenvalue weighted by atomic mass is 10.1. The summed E-state index contributed by atoms with van der Waals surface area (Å²) in [6.07, 6.45) is 0.913. The van der Waals surface area contributed by atoms with Gasteiger partial charge in [0.2, 0.25) is 5.95 Å². The van der Waals surface area contributed by atoms with E-state index in [-0.39, 0.29) is 17.7 Å². The van der Waals surface area contributed by atoms with Gasteiger partial charge in [0, 0.05) is 30.5 Å². The number of hydrogen-bond donors (Lipinski definition) is 4. The predicted octanol–water partition coefficient (Wildman–Crippen LogP) is 3.89. The highest BCUT2D eigenvalue weighted by molar-refractivity contribution is 5.94. The number of piperidine rings is 1. The summed E-state index contributed by atoms with van der Waals surface area (Å²) in [6.45, 7) is 2.40. The van der Waals surface area contributed by atoms with E-state index in [1.165, 1.54) is 19.3 Å². The number of anilines is 3. The zero-order valence-corrected chi connectivity index (χ0v) is 18.0. The van der Waals surface area contributed by atoms with E-state index in [0.717, 1.165) is 19.6 Å². The molecular formula is C22H26F3N7O. The molecule has 3 aromatic rings. The van der Waals surface area contributed by atoms with Crippen molar-refractivity contribution in [3.05, 3.63) is 42.1 Å². The molecule has 0 spiro atoms. The molecule has 1 aliphatic heterocycles. The number of rotatable bonds is 8. The van der Waals surface area contributed by atoms with E-state index in [1.807, 2.05) is 0 Å². The van der Waals surface area contributed by atoms with Crippen LogP contribution in [0.5, 0.6) is 0 Å². The van der Waals surface area contributed by atoms with Crippen LogP contribution in [0.15, 0.2) is 36.5 Å². The van der Waals surface area contributed by atoms with Gasteiger partial charge in [-0.25, -0.2) is 0 Å². The zero-order valence-electron chi connectivity index (χ0n) is 18.0. The average Bonchev–Trinajstić information content (AvgIpc) is 3.27. The number of amides is 1. The number of nitrogens with zero attached hydrogens (tertiary/aromatic N) is 3. The molecule has 1 aromatic carbocycles. The molecule has 0 atom stereocenters. The van der Waals surface area contributed by atoms with Gasteiger partial charge in [0.1, 0.15) is 18.0 Å². The molecule has 176 valence electrons. The van der Waals surface area contributed by atoms with Crippen molar-refractivity contribution in [2.45, 2.75) is 25.4 Å². The van der Waals surface area contributed by atoms with Crippen molar-refractivity contribution >= 4 is 34.4 Å². The van der Waals surface area contributed by atoms with Crippen LogP contribution in [0.1, 0.15) is 29.6 Å². The summed E-state index contributed by atoms with van der Waals surface area (Å²) in [4.78, 5) is 26.1. The summed E-state index contributed by atoms with van der Waals surface area (Å²) in [7, 11) is 0. The Bertz CT molecular complexity index is 1080. The first-order chi connectivity index (χ1) is 15.9. The second-order valence-electron chi connectivity index (χ2n) is 7.97. The molecule has 2 aromatic heterocycles. The van der Waals surface area contributed by atoms with Crippen LogP contribution in [-0.2, 0) is 0 Å². The first-order valence-corrected chi connectivity index (χ1v) is 10.9. The number of nitrogens with one attached hydrogen (secondary N) is 4. The molecule has 33 heavy (non-hydrogen) atoms. The third-order valence-corrected chi connectivity index (χ3v) is 5.44. The van der Waals surface area contributed by atoms with E-state index >= 15 is 0 Å². The van der Waals surface area contributed by atoms with Crippen molar-refractivity contribution in [1.29, 1.82) is 0 Å². The molecule has 0 aliphatic carbocycles. The fourth-order valence-corrected chi connectivity index (χ4v) is 3.76. The molecule has 0 bridgehead atoms. The van der Waals surface area contributed by atoms with Gasteiger partial charge < -0.3 is 25.8 Å². The minimum atomic E-state index is -4.37. The summed E-state index contributed by atoms with van der Waals surface area (Å²) in [5.74, 6) is 0.0559. The smallest absolute Gasteiger partial charge is 0.360 e. The Morgan fingerprint density at radius 2 is 1.82 bits per heavy atom. The predicted molar refractivity (Wildman–Crippen MR) is 121 cm³/mol. The molecule has 1 aliphatic rings. The standard InChI is InChI=1S/C22H26F3N7O/c23-22(24,25)14-28-19-17-8-9-26-18(17)30-21(31-19)29-16-6-4-15(5-7-16)20(33)27-10-13-32-11-2-1-3-12-32/h4-9H,1-3,10-14H2,(H,27,33)(H3,26,28,29,30,31). The quantitative estimate of drug-likeness (QED) is 0.406. The molecular weight excluding hydrogens is 435 g/mol. The van der Waals surface area contributed by atoms with Crippen molar-refractivity contribution in [3.8, 4) is 0 Å². The molecule has 1 saturated heterocycles. The Balaban J connectivity index is 1.36. The molecule has 0 radical (unpaired) electrons. The summed E-state index contributed by atoms with van der Waals surface area (Å²) in [5.41, 5.74) is 1.53. The fourth-order valence-electron chi connectivity index (χ4n) is 3.76. The highest BCUT2D eigenvalue weighted by Crippen LogP contribution is 2.24. The van der Waals surface area contributed by atoms with Crippen molar-refractivity contribution in [2.75, 3.05) is 43.4 Å². The summed E-state index contributed by atoms with van der Waals surface area (Å²) < 4.78 is 37.9. The second kappa shape index (κ2) is 10.1. The summed E-state index contributed by atoms with van der Waals surface area (Å²) in [5, 5.41) is 8.68. The van der Waals surface area contributed by atoms with Crippen molar-refractivity contribution in [1.82, 2.24) is 25.2 Å². The van der Waals surface area contributed by atoms with E-state index in [1.54, 1.807) is 36.5 Å². The van der Waals surface area contributed by atoms with E-state index in [2.05, 4.69) is 35.8 Å². The van der Waals surface area contributed by atoms with Crippen LogP contribution >= 0.6 is 0 Å². The van der Waals surface area contributed by atoms with Gasteiger partial charge in [0.25, 0.3) is 5.91 Å². The number of carbonyl (C=O) groups excluding carboxylic acids is 1. The third kappa shape index (κ3) is 6.35. The van der Waals surface area contributed by atoms with Gasteiger partial charge in [-0.1, -0.05) is 6.42 Å². The molecule has 11 heteroatoms. The summed E-state index contributed by atoms with van der Waals surface area (Å²) in [6, 6.07) is 8.36. The number of likely N-dealkylation sites (tertiary alicyclic amines) is 1. The lowest BCUT2D eigenvalue weighted by molar-refractivity contribution is -0.115. The van der Waals surface area contributed by atoms with E-state index in [4.69, 9.17) is 0 Å². The minimum absolute atomic E-state index is 0.0748. The van der Waals surface area contributed by atoms with Gasteiger partial charge in [-0.05, 0) is 56.3 Å². The van der Waals surface area contributed by atoms with Crippen LogP contribution in [0.25, 0.3) is 11.0 Å². The fraction of sp³-hybridized carbons (Fsp3) is 0.409. The number of aromatic nitrogens is 3. The third-order valence-electron chi connectivity index (χ3n) is 5.44. The van der Waals surface area contributed by atoms with Gasteiger partial charge in [0.15, 0.2) is 0 Å². The maximum absolute atomic E-state index is 12.6. The van der Waals surface area contributed by atoms with Gasteiger partial charge in [-0.3, -0.25) is 4.79 Å². The molecule has 0 saturated carbocycles. The number of hydrogen-bond acceptors (Lipinski definition) is 6. The topological polar surface area (TPSA) is 98.0 Å². The van der Waals surface area contributed by atoms with Crippen LogP contribution in [-0.4, -0.2) is 64.7 Å². The van der Waals surface area contributed by atoms with Gasteiger partial charge in [-0.2, -0.15) is 23.1 Å². The Hall–Kier alpha value is -3.34. The maximum atomic E-state index is 12.6. The molecule has 4 rings (SSSR count).